The van der Waals surface area contributed by atoms with Crippen LogP contribution < -0.4 is 0 Å². The monoisotopic (exact) mass is 309 g/mol. The zero-order valence-electron chi connectivity index (χ0n) is 13.1. The van der Waals surface area contributed by atoms with Crippen LogP contribution in [0.4, 0.5) is 0 Å². The van der Waals surface area contributed by atoms with Gasteiger partial charge in [-0.1, -0.05) is 34.6 Å². The molecule has 0 N–H and O–H groups in total. The zero-order chi connectivity index (χ0) is 15.0. The fourth-order valence-corrected chi connectivity index (χ4v) is 3.67. The molecular weight excluding hydrogens is 286 g/mol. The first kappa shape index (κ1) is 15.6. The van der Waals surface area contributed by atoms with Gasteiger partial charge in [-0.05, 0) is 18.8 Å². The van der Waals surface area contributed by atoms with Gasteiger partial charge in [0.25, 0.3) is 0 Å². The predicted octanol–water partition coefficient (Wildman–Crippen LogP) is 4.51. The van der Waals surface area contributed by atoms with Crippen molar-refractivity contribution in [2.75, 3.05) is 0 Å². The minimum atomic E-state index is 0.0689. The van der Waals surface area contributed by atoms with Gasteiger partial charge in [0.15, 0.2) is 0 Å². The number of aromatic nitrogens is 3. The quantitative estimate of drug-likeness (QED) is 0.834. The highest BCUT2D eigenvalue weighted by molar-refractivity contribution is 7.11. The molecule has 2 aromatic heterocycles. The molecule has 0 atom stereocenters. The SMILES string of the molecule is Cc1nnc(C(C)(C)CCc2ncc(C(C)(C)C)s2)s1. The molecule has 110 valence electrons. The molecule has 0 bridgehead atoms. The first-order valence-electron chi connectivity index (χ1n) is 6.94. The predicted molar refractivity (Wildman–Crippen MR) is 86.8 cm³/mol. The molecule has 0 aliphatic rings. The van der Waals surface area contributed by atoms with Crippen molar-refractivity contribution >= 4 is 22.7 Å². The number of rotatable bonds is 4. The molecule has 0 unspecified atom stereocenters. The van der Waals surface area contributed by atoms with Gasteiger partial charge in [0.1, 0.15) is 10.0 Å². The maximum atomic E-state index is 4.57. The topological polar surface area (TPSA) is 38.7 Å². The second-order valence-corrected chi connectivity index (χ2v) is 9.18. The fraction of sp³-hybridized carbons (Fsp3) is 0.667. The number of nitrogens with zero attached hydrogens (tertiary/aromatic N) is 3. The van der Waals surface area contributed by atoms with Crippen LogP contribution in [0, 0.1) is 6.92 Å². The third-order valence-electron chi connectivity index (χ3n) is 3.36. The van der Waals surface area contributed by atoms with Gasteiger partial charge in [0.05, 0.1) is 5.01 Å². The Morgan fingerprint density at radius 3 is 2.25 bits per heavy atom. The molecule has 0 saturated heterocycles. The summed E-state index contributed by atoms with van der Waals surface area (Å²) in [5.41, 5.74) is 0.265. The van der Waals surface area contributed by atoms with Crippen LogP contribution in [-0.4, -0.2) is 15.2 Å². The van der Waals surface area contributed by atoms with Gasteiger partial charge < -0.3 is 0 Å². The Morgan fingerprint density at radius 2 is 1.75 bits per heavy atom. The Morgan fingerprint density at radius 1 is 1.05 bits per heavy atom. The highest BCUT2D eigenvalue weighted by atomic mass is 32.1. The van der Waals surface area contributed by atoms with E-state index in [1.54, 1.807) is 11.3 Å². The van der Waals surface area contributed by atoms with E-state index >= 15 is 0 Å². The Balaban J connectivity index is 2.03. The van der Waals surface area contributed by atoms with Crippen LogP contribution in [0.3, 0.4) is 0 Å². The van der Waals surface area contributed by atoms with Gasteiger partial charge in [0, 0.05) is 22.9 Å². The van der Waals surface area contributed by atoms with Crippen molar-refractivity contribution < 1.29 is 0 Å². The number of aryl methyl sites for hydroxylation is 2. The Hall–Kier alpha value is -0.810. The van der Waals surface area contributed by atoms with Crippen molar-refractivity contribution in [3.63, 3.8) is 0 Å². The minimum Gasteiger partial charge on any atom is -0.249 e. The van der Waals surface area contributed by atoms with Gasteiger partial charge in [-0.2, -0.15) is 0 Å². The molecule has 0 fully saturated rings. The molecule has 20 heavy (non-hydrogen) atoms. The van der Waals surface area contributed by atoms with Crippen molar-refractivity contribution in [2.24, 2.45) is 0 Å². The van der Waals surface area contributed by atoms with E-state index in [9.17, 15) is 0 Å². The van der Waals surface area contributed by atoms with Crippen LogP contribution in [-0.2, 0) is 17.3 Å². The van der Waals surface area contributed by atoms with Gasteiger partial charge >= 0.3 is 0 Å². The minimum absolute atomic E-state index is 0.0689. The van der Waals surface area contributed by atoms with Crippen molar-refractivity contribution in [2.45, 2.75) is 65.2 Å². The van der Waals surface area contributed by atoms with E-state index < -0.39 is 0 Å². The lowest BCUT2D eigenvalue weighted by Crippen LogP contribution is -2.18. The van der Waals surface area contributed by atoms with Crippen LogP contribution >= 0.6 is 22.7 Å². The summed E-state index contributed by atoms with van der Waals surface area (Å²) in [4.78, 5) is 5.93. The van der Waals surface area contributed by atoms with Crippen molar-refractivity contribution in [1.82, 2.24) is 15.2 Å². The molecular formula is C15H23N3S2. The molecule has 0 radical (unpaired) electrons. The molecule has 0 spiro atoms. The lowest BCUT2D eigenvalue weighted by Gasteiger charge is -2.20. The van der Waals surface area contributed by atoms with E-state index in [0.717, 1.165) is 22.9 Å². The molecule has 0 saturated carbocycles. The first-order chi connectivity index (χ1) is 9.18. The van der Waals surface area contributed by atoms with Crippen molar-refractivity contribution in [3.05, 3.63) is 26.1 Å². The number of thiazole rings is 1. The zero-order valence-corrected chi connectivity index (χ0v) is 14.8. The Kier molecular flexibility index (Phi) is 4.30. The molecule has 3 nitrogen and oxygen atoms in total. The van der Waals surface area contributed by atoms with E-state index in [2.05, 4.69) is 49.8 Å². The Bertz CT molecular complexity index is 576. The molecule has 0 aromatic carbocycles. The first-order valence-corrected chi connectivity index (χ1v) is 8.57. The van der Waals surface area contributed by atoms with Crippen LogP contribution in [0.25, 0.3) is 0 Å². The van der Waals surface area contributed by atoms with Crippen molar-refractivity contribution in [1.29, 1.82) is 0 Å². The summed E-state index contributed by atoms with van der Waals surface area (Å²) in [6, 6.07) is 0. The highest BCUT2D eigenvalue weighted by Crippen LogP contribution is 2.33. The maximum Gasteiger partial charge on any atom is 0.123 e. The molecule has 5 heteroatoms. The summed E-state index contributed by atoms with van der Waals surface area (Å²) in [6.07, 6.45) is 4.09. The summed E-state index contributed by atoms with van der Waals surface area (Å²) in [6.45, 7) is 13.2. The molecule has 0 aliphatic carbocycles. The smallest absolute Gasteiger partial charge is 0.123 e. The number of hydrogen-bond donors (Lipinski definition) is 0. The van der Waals surface area contributed by atoms with Crippen molar-refractivity contribution in [3.8, 4) is 0 Å². The molecule has 0 aliphatic heterocycles. The van der Waals surface area contributed by atoms with Crippen LogP contribution in [0.15, 0.2) is 6.20 Å². The third kappa shape index (κ3) is 3.64. The number of hydrogen-bond acceptors (Lipinski definition) is 5. The lowest BCUT2D eigenvalue weighted by atomic mass is 9.89. The van der Waals surface area contributed by atoms with Gasteiger partial charge in [-0.3, -0.25) is 0 Å². The molecule has 0 amide bonds. The van der Waals surface area contributed by atoms with Crippen LogP contribution in [0.1, 0.15) is 60.9 Å². The van der Waals surface area contributed by atoms with Gasteiger partial charge in [-0.25, -0.2) is 4.98 Å². The highest BCUT2D eigenvalue weighted by Gasteiger charge is 2.25. The summed E-state index contributed by atoms with van der Waals surface area (Å²) >= 11 is 3.54. The van der Waals surface area contributed by atoms with E-state index in [-0.39, 0.29) is 10.8 Å². The van der Waals surface area contributed by atoms with Gasteiger partial charge in [-0.15, -0.1) is 32.9 Å². The van der Waals surface area contributed by atoms with E-state index in [4.69, 9.17) is 0 Å². The molecule has 2 rings (SSSR count). The normalized spacial score (nSPS) is 12.9. The summed E-state index contributed by atoms with van der Waals surface area (Å²) < 4.78 is 0. The summed E-state index contributed by atoms with van der Waals surface area (Å²) in [5, 5.41) is 11.8. The fourth-order valence-electron chi connectivity index (χ4n) is 1.87. The molecule has 2 aromatic rings. The van der Waals surface area contributed by atoms with E-state index in [0.29, 0.717) is 0 Å². The summed E-state index contributed by atoms with van der Waals surface area (Å²) in [5.74, 6) is 0. The van der Waals surface area contributed by atoms with Gasteiger partial charge in [0.2, 0.25) is 0 Å². The molecule has 2 heterocycles. The maximum absolute atomic E-state index is 4.57. The lowest BCUT2D eigenvalue weighted by molar-refractivity contribution is 0.473. The summed E-state index contributed by atoms with van der Waals surface area (Å²) in [7, 11) is 0. The second kappa shape index (κ2) is 5.53. The standard InChI is InChI=1S/C15H23N3S2/c1-10-17-18-13(19-10)15(5,6)8-7-12-16-9-11(20-12)14(2,3)4/h9H,7-8H2,1-6H3. The van der Waals surface area contributed by atoms with Crippen LogP contribution in [0.5, 0.6) is 0 Å². The van der Waals surface area contributed by atoms with E-state index in [1.165, 1.54) is 9.88 Å². The largest absolute Gasteiger partial charge is 0.249 e. The third-order valence-corrected chi connectivity index (χ3v) is 6.05. The second-order valence-electron chi connectivity index (χ2n) is 6.88. The average Bonchev–Trinajstić information content (AvgIpc) is 2.94. The van der Waals surface area contributed by atoms with Crippen LogP contribution in [0.2, 0.25) is 0 Å². The Labute approximate surface area is 129 Å². The average molecular weight is 310 g/mol. The van der Waals surface area contributed by atoms with E-state index in [1.807, 2.05) is 24.5 Å².